The Morgan fingerprint density at radius 1 is 0.806 bits per heavy atom. The molecule has 0 saturated carbocycles. The van der Waals surface area contributed by atoms with Crippen LogP contribution in [-0.4, -0.2) is 49.8 Å². The number of sulfonamides is 1. The lowest BCUT2D eigenvalue weighted by Crippen LogP contribution is -2.28. The Morgan fingerprint density at radius 2 is 1.42 bits per heavy atom. The van der Waals surface area contributed by atoms with Crippen molar-refractivity contribution in [2.75, 3.05) is 39.8 Å². The highest BCUT2D eigenvalue weighted by molar-refractivity contribution is 7.92. The molecule has 0 radical (unpaired) electrons. The van der Waals surface area contributed by atoms with Gasteiger partial charge >= 0.3 is 0 Å². The first-order chi connectivity index (χ1) is 17.2. The van der Waals surface area contributed by atoms with E-state index in [0.29, 0.717) is 34.2 Å². The Balaban J connectivity index is 1.78. The molecule has 0 spiro atoms. The molecule has 0 aromatic heterocycles. The van der Waals surface area contributed by atoms with Crippen LogP contribution < -0.4 is 28.6 Å². The van der Waals surface area contributed by atoms with E-state index in [9.17, 15) is 13.2 Å². The number of carbonyl (C=O) groups excluding carboxylic acids is 1. The predicted octanol–water partition coefficient (Wildman–Crippen LogP) is 4.04. The van der Waals surface area contributed by atoms with Crippen LogP contribution in [-0.2, 0) is 10.0 Å². The summed E-state index contributed by atoms with van der Waals surface area (Å²) in [5, 5.41) is 2.93. The third-order valence-corrected chi connectivity index (χ3v) is 7.54. The lowest BCUT2D eigenvalue weighted by molar-refractivity contribution is 0.0939. The minimum Gasteiger partial charge on any atom is -0.497 e. The zero-order valence-electron chi connectivity index (χ0n) is 21.1. The van der Waals surface area contributed by atoms with E-state index in [-0.39, 0.29) is 16.8 Å². The van der Waals surface area contributed by atoms with Gasteiger partial charge in [-0.05, 0) is 61.5 Å². The van der Waals surface area contributed by atoms with Crippen LogP contribution in [0.15, 0.2) is 65.6 Å². The maximum atomic E-state index is 13.2. The minimum absolute atomic E-state index is 0.0468. The Labute approximate surface area is 211 Å². The van der Waals surface area contributed by atoms with Gasteiger partial charge < -0.3 is 24.3 Å². The van der Waals surface area contributed by atoms with Crippen molar-refractivity contribution in [2.24, 2.45) is 0 Å². The second kappa shape index (κ2) is 11.2. The fraction of sp³-hybridized carbons (Fsp3) is 0.269. The fourth-order valence-corrected chi connectivity index (χ4v) is 4.84. The molecule has 0 heterocycles. The molecule has 1 amide bonds. The molecule has 3 aromatic rings. The number of methoxy groups -OCH3 is 4. The van der Waals surface area contributed by atoms with Gasteiger partial charge in [-0.2, -0.15) is 0 Å². The zero-order chi connectivity index (χ0) is 26.5. The van der Waals surface area contributed by atoms with E-state index in [0.717, 1.165) is 9.87 Å². The third kappa shape index (κ3) is 5.49. The summed E-state index contributed by atoms with van der Waals surface area (Å²) in [4.78, 5) is 12.9. The largest absolute Gasteiger partial charge is 0.497 e. The van der Waals surface area contributed by atoms with Crippen molar-refractivity contribution in [2.45, 2.75) is 17.9 Å². The number of carbonyl (C=O) groups is 1. The normalized spacial score (nSPS) is 11.8. The summed E-state index contributed by atoms with van der Waals surface area (Å²) in [5.41, 5.74) is 1.54. The van der Waals surface area contributed by atoms with Crippen molar-refractivity contribution in [3.63, 3.8) is 0 Å². The molecule has 3 aromatic carbocycles. The number of rotatable bonds is 10. The van der Waals surface area contributed by atoms with Gasteiger partial charge in [-0.1, -0.05) is 0 Å². The van der Waals surface area contributed by atoms with Gasteiger partial charge in [-0.25, -0.2) is 8.42 Å². The Kier molecular flexibility index (Phi) is 8.31. The van der Waals surface area contributed by atoms with Gasteiger partial charge in [0.15, 0.2) is 11.5 Å². The summed E-state index contributed by atoms with van der Waals surface area (Å²) in [5.74, 6) is 1.69. The van der Waals surface area contributed by atoms with Crippen molar-refractivity contribution in [1.29, 1.82) is 0 Å². The second-order valence-electron chi connectivity index (χ2n) is 7.84. The van der Waals surface area contributed by atoms with E-state index in [1.807, 2.05) is 6.92 Å². The van der Waals surface area contributed by atoms with Crippen LogP contribution in [0.3, 0.4) is 0 Å². The number of nitrogens with zero attached hydrogens (tertiary/aromatic N) is 1. The molecule has 0 saturated heterocycles. The highest BCUT2D eigenvalue weighted by Gasteiger charge is 2.24. The maximum absolute atomic E-state index is 13.2. The number of nitrogens with one attached hydrogen (secondary N) is 1. The standard InChI is InChI=1S/C26H30N2O7S/c1-17(22-15-20(32-3)11-13-23(22)33-4)27-26(29)18-7-9-19(10-8-18)28(2)36(30,31)21-12-14-24(34-5)25(16-21)35-6/h7-17H,1-6H3,(H,27,29). The molecule has 0 aliphatic heterocycles. The Morgan fingerprint density at radius 3 is 2.00 bits per heavy atom. The Hall–Kier alpha value is -3.92. The number of benzene rings is 3. The fourth-order valence-electron chi connectivity index (χ4n) is 3.63. The van der Waals surface area contributed by atoms with E-state index < -0.39 is 10.0 Å². The molecule has 36 heavy (non-hydrogen) atoms. The molecule has 0 aliphatic rings. The topological polar surface area (TPSA) is 103 Å². The van der Waals surface area contributed by atoms with Gasteiger partial charge in [-0.15, -0.1) is 0 Å². The van der Waals surface area contributed by atoms with Crippen LogP contribution in [0.2, 0.25) is 0 Å². The monoisotopic (exact) mass is 514 g/mol. The quantitative estimate of drug-likeness (QED) is 0.436. The lowest BCUT2D eigenvalue weighted by Gasteiger charge is -2.21. The first kappa shape index (κ1) is 26.7. The molecule has 1 atom stereocenters. The third-order valence-electron chi connectivity index (χ3n) is 5.76. The number of hydrogen-bond donors (Lipinski definition) is 1. The van der Waals surface area contributed by atoms with E-state index >= 15 is 0 Å². The van der Waals surface area contributed by atoms with Gasteiger partial charge in [0.1, 0.15) is 11.5 Å². The molecule has 192 valence electrons. The molecule has 0 aliphatic carbocycles. The molecule has 10 heteroatoms. The van der Waals surface area contributed by atoms with E-state index in [4.69, 9.17) is 18.9 Å². The highest BCUT2D eigenvalue weighted by Crippen LogP contribution is 2.32. The van der Waals surface area contributed by atoms with Crippen LogP contribution in [0.1, 0.15) is 28.9 Å². The van der Waals surface area contributed by atoms with Crippen molar-refractivity contribution >= 4 is 21.6 Å². The van der Waals surface area contributed by atoms with Crippen LogP contribution in [0.5, 0.6) is 23.0 Å². The second-order valence-corrected chi connectivity index (χ2v) is 9.81. The van der Waals surface area contributed by atoms with Crippen molar-refractivity contribution in [1.82, 2.24) is 5.32 Å². The van der Waals surface area contributed by atoms with Crippen molar-refractivity contribution in [3.8, 4) is 23.0 Å². The van der Waals surface area contributed by atoms with E-state index in [2.05, 4.69) is 5.32 Å². The summed E-state index contributed by atoms with van der Waals surface area (Å²) in [7, 11) is 3.60. The zero-order valence-corrected chi connectivity index (χ0v) is 21.9. The summed E-state index contributed by atoms with van der Waals surface area (Å²) in [6.07, 6.45) is 0. The summed E-state index contributed by atoms with van der Waals surface area (Å²) >= 11 is 0. The summed E-state index contributed by atoms with van der Waals surface area (Å²) < 4.78 is 48.6. The van der Waals surface area contributed by atoms with E-state index in [1.54, 1.807) is 56.7 Å². The molecular weight excluding hydrogens is 484 g/mol. The van der Waals surface area contributed by atoms with E-state index in [1.165, 1.54) is 39.5 Å². The average Bonchev–Trinajstić information content (AvgIpc) is 2.91. The SMILES string of the molecule is COc1ccc(OC)c(C(C)NC(=O)c2ccc(N(C)S(=O)(=O)c3ccc(OC)c(OC)c3)cc2)c1. The first-order valence-electron chi connectivity index (χ1n) is 11.0. The van der Waals surface area contributed by atoms with Gasteiger partial charge in [0.05, 0.1) is 45.1 Å². The smallest absolute Gasteiger partial charge is 0.264 e. The summed E-state index contributed by atoms with van der Waals surface area (Å²) in [6, 6.07) is 15.7. The van der Waals surface area contributed by atoms with Crippen LogP contribution >= 0.6 is 0 Å². The number of hydrogen-bond acceptors (Lipinski definition) is 7. The maximum Gasteiger partial charge on any atom is 0.264 e. The highest BCUT2D eigenvalue weighted by atomic mass is 32.2. The predicted molar refractivity (Wildman–Crippen MR) is 137 cm³/mol. The number of anilines is 1. The van der Waals surface area contributed by atoms with Gasteiger partial charge in [0.2, 0.25) is 0 Å². The minimum atomic E-state index is -3.88. The van der Waals surface area contributed by atoms with Crippen LogP contribution in [0, 0.1) is 0 Å². The number of amides is 1. The lowest BCUT2D eigenvalue weighted by atomic mass is 10.1. The summed E-state index contributed by atoms with van der Waals surface area (Å²) in [6.45, 7) is 1.84. The number of ether oxygens (including phenoxy) is 4. The van der Waals surface area contributed by atoms with Crippen LogP contribution in [0.4, 0.5) is 5.69 Å². The molecule has 0 fully saturated rings. The average molecular weight is 515 g/mol. The van der Waals surface area contributed by atoms with Crippen molar-refractivity contribution in [3.05, 3.63) is 71.8 Å². The van der Waals surface area contributed by atoms with Crippen LogP contribution in [0.25, 0.3) is 0 Å². The molecule has 1 unspecified atom stereocenters. The molecule has 9 nitrogen and oxygen atoms in total. The van der Waals surface area contributed by atoms with Gasteiger partial charge in [0.25, 0.3) is 15.9 Å². The molecular formula is C26H30N2O7S. The molecule has 3 rings (SSSR count). The molecule has 0 bridgehead atoms. The molecule has 1 N–H and O–H groups in total. The van der Waals surface area contributed by atoms with Crippen molar-refractivity contribution < 1.29 is 32.2 Å². The van der Waals surface area contributed by atoms with Gasteiger partial charge in [-0.3, -0.25) is 9.10 Å². The van der Waals surface area contributed by atoms with Gasteiger partial charge in [0, 0.05) is 24.2 Å². The Bertz CT molecular complexity index is 1320. The first-order valence-corrected chi connectivity index (χ1v) is 12.4.